The van der Waals surface area contributed by atoms with E-state index in [4.69, 9.17) is 21.1 Å². The zero-order valence-corrected chi connectivity index (χ0v) is 14.7. The topological polar surface area (TPSA) is 60.5 Å². The number of carbonyl (C=O) groups excluding carboxylic acids is 1. The van der Waals surface area contributed by atoms with Gasteiger partial charge < -0.3 is 14.8 Å². The maximum atomic E-state index is 12.3. The average Bonchev–Trinajstić information content (AvgIpc) is 3.09. The number of anilines is 1. The van der Waals surface area contributed by atoms with Crippen molar-refractivity contribution in [1.82, 2.24) is 4.98 Å². The monoisotopic (exact) mass is 366 g/mol. The van der Waals surface area contributed by atoms with Crippen LogP contribution in [0.3, 0.4) is 0 Å². The van der Waals surface area contributed by atoms with E-state index in [-0.39, 0.29) is 12.7 Å². The molecule has 6 heteroatoms. The number of benzene rings is 2. The summed E-state index contributed by atoms with van der Waals surface area (Å²) in [6.07, 6.45) is 1.72. The van der Waals surface area contributed by atoms with Crippen molar-refractivity contribution in [2.45, 2.75) is 6.92 Å². The van der Waals surface area contributed by atoms with E-state index in [1.165, 1.54) is 0 Å². The minimum absolute atomic E-state index is 0.240. The smallest absolute Gasteiger partial charge is 0.258 e. The molecule has 0 bridgehead atoms. The molecule has 0 saturated carbocycles. The van der Waals surface area contributed by atoms with Crippen LogP contribution in [-0.2, 0) is 0 Å². The summed E-state index contributed by atoms with van der Waals surface area (Å²) < 4.78 is 10.8. The molecule has 1 aliphatic heterocycles. The van der Waals surface area contributed by atoms with Gasteiger partial charge in [-0.1, -0.05) is 23.7 Å². The summed E-state index contributed by atoms with van der Waals surface area (Å²) in [5.41, 5.74) is 3.40. The molecule has 0 saturated heterocycles. The normalized spacial score (nSPS) is 12.1. The second-order valence-corrected chi connectivity index (χ2v) is 6.29. The summed E-state index contributed by atoms with van der Waals surface area (Å²) >= 11 is 6.05. The molecular weight excluding hydrogens is 352 g/mol. The second kappa shape index (κ2) is 6.69. The third-order valence-electron chi connectivity index (χ3n) is 4.15. The van der Waals surface area contributed by atoms with Crippen LogP contribution in [0.15, 0.2) is 54.7 Å². The molecule has 0 atom stereocenters. The summed E-state index contributed by atoms with van der Waals surface area (Å²) in [7, 11) is 0. The van der Waals surface area contributed by atoms with Gasteiger partial charge in [0.2, 0.25) is 6.79 Å². The molecular formula is C20H15ClN2O3. The van der Waals surface area contributed by atoms with Crippen LogP contribution in [0.5, 0.6) is 11.5 Å². The largest absolute Gasteiger partial charge is 0.454 e. The molecule has 26 heavy (non-hydrogen) atoms. The number of halogens is 1. The van der Waals surface area contributed by atoms with E-state index in [0.29, 0.717) is 16.4 Å². The quantitative estimate of drug-likeness (QED) is 0.730. The molecule has 3 aromatic rings. The van der Waals surface area contributed by atoms with Crippen LogP contribution in [0.25, 0.3) is 11.1 Å². The number of pyridine rings is 1. The summed E-state index contributed by atoms with van der Waals surface area (Å²) in [5, 5.41) is 3.16. The van der Waals surface area contributed by atoms with E-state index in [0.717, 1.165) is 28.2 Å². The molecule has 0 aliphatic carbocycles. The fourth-order valence-electron chi connectivity index (χ4n) is 2.81. The zero-order valence-electron chi connectivity index (χ0n) is 14.0. The van der Waals surface area contributed by atoms with Crippen molar-refractivity contribution in [3.8, 4) is 22.6 Å². The Kier molecular flexibility index (Phi) is 4.22. The predicted molar refractivity (Wildman–Crippen MR) is 99.9 cm³/mol. The first-order valence-electron chi connectivity index (χ1n) is 8.04. The fourth-order valence-corrected chi connectivity index (χ4v) is 3.03. The highest BCUT2D eigenvalue weighted by Crippen LogP contribution is 2.38. The van der Waals surface area contributed by atoms with Gasteiger partial charge in [0.15, 0.2) is 11.5 Å². The molecule has 0 spiro atoms. The third-order valence-corrected chi connectivity index (χ3v) is 4.48. The van der Waals surface area contributed by atoms with E-state index >= 15 is 0 Å². The molecule has 1 aromatic heterocycles. The molecule has 1 aliphatic rings. The SMILES string of the molecule is Cc1cc2c(cc1-c1ccc(NC(=O)c3ccccc3Cl)nc1)OCO2. The van der Waals surface area contributed by atoms with E-state index in [9.17, 15) is 4.79 Å². The van der Waals surface area contributed by atoms with Crippen LogP contribution in [0.2, 0.25) is 5.02 Å². The highest BCUT2D eigenvalue weighted by molar-refractivity contribution is 6.34. The maximum absolute atomic E-state index is 12.3. The van der Waals surface area contributed by atoms with Crippen LogP contribution in [0, 0.1) is 6.92 Å². The van der Waals surface area contributed by atoms with E-state index < -0.39 is 0 Å². The lowest BCUT2D eigenvalue weighted by molar-refractivity contribution is 0.102. The van der Waals surface area contributed by atoms with E-state index in [1.54, 1.807) is 36.5 Å². The lowest BCUT2D eigenvalue weighted by Crippen LogP contribution is -2.13. The van der Waals surface area contributed by atoms with Crippen LogP contribution >= 0.6 is 11.6 Å². The highest BCUT2D eigenvalue weighted by atomic mass is 35.5. The Morgan fingerprint density at radius 3 is 2.62 bits per heavy atom. The van der Waals surface area contributed by atoms with Gasteiger partial charge in [-0.05, 0) is 54.4 Å². The van der Waals surface area contributed by atoms with Crippen molar-refractivity contribution >= 4 is 23.3 Å². The number of amides is 1. The number of fused-ring (bicyclic) bond motifs is 1. The van der Waals surface area contributed by atoms with Gasteiger partial charge >= 0.3 is 0 Å². The van der Waals surface area contributed by atoms with Crippen LogP contribution in [-0.4, -0.2) is 17.7 Å². The first kappa shape index (κ1) is 16.4. The Hall–Kier alpha value is -3.05. The predicted octanol–water partition coefficient (Wildman–Crippen LogP) is 4.69. The second-order valence-electron chi connectivity index (χ2n) is 5.89. The Morgan fingerprint density at radius 2 is 1.88 bits per heavy atom. The van der Waals surface area contributed by atoms with Crippen LogP contribution in [0.1, 0.15) is 15.9 Å². The zero-order chi connectivity index (χ0) is 18.1. The van der Waals surface area contributed by atoms with Crippen molar-refractivity contribution < 1.29 is 14.3 Å². The first-order valence-corrected chi connectivity index (χ1v) is 8.42. The van der Waals surface area contributed by atoms with Crippen molar-refractivity contribution in [3.05, 3.63) is 70.9 Å². The number of carbonyl (C=O) groups is 1. The Balaban J connectivity index is 1.56. The van der Waals surface area contributed by atoms with Crippen molar-refractivity contribution in [1.29, 1.82) is 0 Å². The summed E-state index contributed by atoms with van der Waals surface area (Å²) in [6.45, 7) is 2.24. The molecule has 0 unspecified atom stereocenters. The average molecular weight is 367 g/mol. The van der Waals surface area contributed by atoms with Gasteiger partial charge in [0.25, 0.3) is 5.91 Å². The highest BCUT2D eigenvalue weighted by Gasteiger charge is 2.17. The Labute approximate surface area is 155 Å². The molecule has 1 N–H and O–H groups in total. The number of nitrogens with zero attached hydrogens (tertiary/aromatic N) is 1. The number of aromatic nitrogens is 1. The number of hydrogen-bond donors (Lipinski definition) is 1. The maximum Gasteiger partial charge on any atom is 0.258 e. The molecule has 0 radical (unpaired) electrons. The summed E-state index contributed by atoms with van der Waals surface area (Å²) in [5.74, 6) is 1.64. The van der Waals surface area contributed by atoms with Crippen LogP contribution < -0.4 is 14.8 Å². The van der Waals surface area contributed by atoms with Crippen molar-refractivity contribution in [2.75, 3.05) is 12.1 Å². The van der Waals surface area contributed by atoms with Gasteiger partial charge in [0.1, 0.15) is 5.82 Å². The number of aryl methyl sites for hydroxylation is 1. The third kappa shape index (κ3) is 3.09. The molecule has 2 heterocycles. The van der Waals surface area contributed by atoms with Gasteiger partial charge in [0, 0.05) is 11.8 Å². The minimum atomic E-state index is -0.296. The van der Waals surface area contributed by atoms with Gasteiger partial charge in [-0.25, -0.2) is 4.98 Å². The van der Waals surface area contributed by atoms with Crippen LogP contribution in [0.4, 0.5) is 5.82 Å². The van der Waals surface area contributed by atoms with Gasteiger partial charge in [-0.15, -0.1) is 0 Å². The van der Waals surface area contributed by atoms with Gasteiger partial charge in [0.05, 0.1) is 10.6 Å². The lowest BCUT2D eigenvalue weighted by atomic mass is 10.0. The molecule has 2 aromatic carbocycles. The molecule has 4 rings (SSSR count). The van der Waals surface area contributed by atoms with Crippen molar-refractivity contribution in [2.24, 2.45) is 0 Å². The number of rotatable bonds is 3. The standard InChI is InChI=1S/C20H15ClN2O3/c1-12-8-17-18(26-11-25-17)9-15(12)13-6-7-19(22-10-13)23-20(24)14-4-2-3-5-16(14)21/h2-10H,11H2,1H3,(H,22,23,24). The lowest BCUT2D eigenvalue weighted by Gasteiger charge is -2.09. The molecule has 130 valence electrons. The fraction of sp³-hybridized carbons (Fsp3) is 0.100. The Morgan fingerprint density at radius 1 is 1.12 bits per heavy atom. The minimum Gasteiger partial charge on any atom is -0.454 e. The number of hydrogen-bond acceptors (Lipinski definition) is 4. The van der Waals surface area contributed by atoms with E-state index in [2.05, 4.69) is 10.3 Å². The molecule has 5 nitrogen and oxygen atoms in total. The van der Waals surface area contributed by atoms with E-state index in [1.807, 2.05) is 25.1 Å². The van der Waals surface area contributed by atoms with Crippen molar-refractivity contribution in [3.63, 3.8) is 0 Å². The Bertz CT molecular complexity index is 987. The summed E-state index contributed by atoms with van der Waals surface area (Å²) in [6, 6.07) is 14.4. The first-order chi connectivity index (χ1) is 12.6. The summed E-state index contributed by atoms with van der Waals surface area (Å²) in [4.78, 5) is 16.6. The van der Waals surface area contributed by atoms with Gasteiger partial charge in [-0.2, -0.15) is 0 Å². The number of nitrogens with one attached hydrogen (secondary N) is 1. The molecule has 1 amide bonds. The van der Waals surface area contributed by atoms with Gasteiger partial charge in [-0.3, -0.25) is 4.79 Å². The molecule has 0 fully saturated rings. The number of ether oxygens (including phenoxy) is 2.